The van der Waals surface area contributed by atoms with Crippen LogP contribution in [-0.2, 0) is 6.54 Å². The lowest BCUT2D eigenvalue weighted by atomic mass is 10.1. The molecule has 1 aromatic rings. The molecule has 2 N–H and O–H groups in total. The van der Waals surface area contributed by atoms with Gasteiger partial charge in [0, 0.05) is 19.7 Å². The number of benzene rings is 1. The van der Waals surface area contributed by atoms with E-state index >= 15 is 0 Å². The molecule has 0 aliphatic rings. The molecule has 2 heteroatoms. The van der Waals surface area contributed by atoms with Crippen molar-refractivity contribution in [2.45, 2.75) is 27.3 Å². The highest BCUT2D eigenvalue weighted by Gasteiger charge is 2.01. The molecule has 0 aliphatic heterocycles. The zero-order valence-electron chi connectivity index (χ0n) is 9.88. The SMILES string of the molecule is Cc1ccc(CNCC(C)CO)c(C)c1. The van der Waals surface area contributed by atoms with E-state index in [0.717, 1.165) is 13.1 Å². The van der Waals surface area contributed by atoms with Gasteiger partial charge in [0.25, 0.3) is 0 Å². The van der Waals surface area contributed by atoms with E-state index in [0.29, 0.717) is 5.92 Å². The van der Waals surface area contributed by atoms with Crippen molar-refractivity contribution in [3.8, 4) is 0 Å². The Hall–Kier alpha value is -0.860. The molecule has 0 bridgehead atoms. The molecule has 1 aromatic carbocycles. The van der Waals surface area contributed by atoms with Gasteiger partial charge in [-0.1, -0.05) is 30.7 Å². The summed E-state index contributed by atoms with van der Waals surface area (Å²) in [5.74, 6) is 0.329. The largest absolute Gasteiger partial charge is 0.396 e. The van der Waals surface area contributed by atoms with Gasteiger partial charge in [0.15, 0.2) is 0 Å². The topological polar surface area (TPSA) is 32.3 Å². The number of hydrogen-bond donors (Lipinski definition) is 2. The molecule has 1 rings (SSSR count). The fourth-order valence-electron chi connectivity index (χ4n) is 1.56. The number of aliphatic hydroxyl groups is 1. The van der Waals surface area contributed by atoms with Crippen LogP contribution in [0.1, 0.15) is 23.6 Å². The van der Waals surface area contributed by atoms with Crippen LogP contribution in [0.4, 0.5) is 0 Å². The minimum Gasteiger partial charge on any atom is -0.396 e. The highest BCUT2D eigenvalue weighted by Crippen LogP contribution is 2.10. The highest BCUT2D eigenvalue weighted by atomic mass is 16.3. The molecule has 0 aliphatic carbocycles. The molecule has 0 heterocycles. The second kappa shape index (κ2) is 5.89. The van der Waals surface area contributed by atoms with E-state index in [9.17, 15) is 0 Å². The molecule has 1 unspecified atom stereocenters. The molecule has 0 fully saturated rings. The number of hydrogen-bond acceptors (Lipinski definition) is 2. The summed E-state index contributed by atoms with van der Waals surface area (Å²) in [6, 6.07) is 6.51. The summed E-state index contributed by atoms with van der Waals surface area (Å²) in [6.45, 7) is 8.28. The lowest BCUT2D eigenvalue weighted by Crippen LogP contribution is -2.23. The quantitative estimate of drug-likeness (QED) is 0.774. The van der Waals surface area contributed by atoms with E-state index in [2.05, 4.69) is 37.4 Å². The Labute approximate surface area is 92.3 Å². The summed E-state index contributed by atoms with van der Waals surface area (Å²) in [6.07, 6.45) is 0. The van der Waals surface area contributed by atoms with Gasteiger partial charge < -0.3 is 10.4 Å². The summed E-state index contributed by atoms with van der Waals surface area (Å²) in [5, 5.41) is 12.2. The first kappa shape index (κ1) is 12.2. The fourth-order valence-corrected chi connectivity index (χ4v) is 1.56. The zero-order valence-corrected chi connectivity index (χ0v) is 9.88. The van der Waals surface area contributed by atoms with Crippen LogP contribution < -0.4 is 5.32 Å². The first-order chi connectivity index (χ1) is 7.13. The van der Waals surface area contributed by atoms with E-state index in [1.165, 1.54) is 16.7 Å². The molecular formula is C13H21NO. The van der Waals surface area contributed by atoms with E-state index in [-0.39, 0.29) is 6.61 Å². The normalized spacial score (nSPS) is 12.8. The van der Waals surface area contributed by atoms with E-state index in [4.69, 9.17) is 5.11 Å². The van der Waals surface area contributed by atoms with Gasteiger partial charge in [-0.25, -0.2) is 0 Å². The minimum absolute atomic E-state index is 0.250. The lowest BCUT2D eigenvalue weighted by Gasteiger charge is -2.11. The van der Waals surface area contributed by atoms with Crippen LogP contribution >= 0.6 is 0 Å². The van der Waals surface area contributed by atoms with E-state index in [1.54, 1.807) is 0 Å². The van der Waals surface area contributed by atoms with Crippen molar-refractivity contribution >= 4 is 0 Å². The number of nitrogens with one attached hydrogen (secondary N) is 1. The molecular weight excluding hydrogens is 186 g/mol. The van der Waals surface area contributed by atoms with Crippen molar-refractivity contribution in [3.63, 3.8) is 0 Å². The summed E-state index contributed by atoms with van der Waals surface area (Å²) in [4.78, 5) is 0. The molecule has 0 saturated heterocycles. The Morgan fingerprint density at radius 1 is 1.33 bits per heavy atom. The third-order valence-corrected chi connectivity index (χ3v) is 2.62. The maximum Gasteiger partial charge on any atom is 0.0468 e. The molecule has 15 heavy (non-hydrogen) atoms. The standard InChI is InChI=1S/C13H21NO/c1-10-4-5-13(12(3)6-10)8-14-7-11(2)9-15/h4-6,11,14-15H,7-9H2,1-3H3. The highest BCUT2D eigenvalue weighted by molar-refractivity contribution is 5.30. The van der Waals surface area contributed by atoms with Gasteiger partial charge in [0.1, 0.15) is 0 Å². The van der Waals surface area contributed by atoms with Gasteiger partial charge in [-0.15, -0.1) is 0 Å². The fraction of sp³-hybridized carbons (Fsp3) is 0.538. The van der Waals surface area contributed by atoms with Crippen molar-refractivity contribution in [2.24, 2.45) is 5.92 Å². The summed E-state index contributed by atoms with van der Waals surface area (Å²) >= 11 is 0. The average molecular weight is 207 g/mol. The van der Waals surface area contributed by atoms with Crippen LogP contribution in [0.3, 0.4) is 0 Å². The molecule has 1 atom stereocenters. The monoisotopic (exact) mass is 207 g/mol. The zero-order chi connectivity index (χ0) is 11.3. The van der Waals surface area contributed by atoms with Crippen molar-refractivity contribution < 1.29 is 5.11 Å². The second-order valence-electron chi connectivity index (χ2n) is 4.35. The van der Waals surface area contributed by atoms with Crippen molar-refractivity contribution in [1.29, 1.82) is 0 Å². The Bertz CT molecular complexity index is 309. The van der Waals surface area contributed by atoms with Gasteiger partial charge in [0.05, 0.1) is 0 Å². The number of rotatable bonds is 5. The van der Waals surface area contributed by atoms with Gasteiger partial charge >= 0.3 is 0 Å². The van der Waals surface area contributed by atoms with Crippen LogP contribution in [0.15, 0.2) is 18.2 Å². The van der Waals surface area contributed by atoms with Crippen molar-refractivity contribution in [2.75, 3.05) is 13.2 Å². The first-order valence-corrected chi connectivity index (χ1v) is 5.51. The molecule has 0 amide bonds. The molecule has 2 nitrogen and oxygen atoms in total. The minimum atomic E-state index is 0.250. The van der Waals surface area contributed by atoms with Crippen molar-refractivity contribution in [3.05, 3.63) is 34.9 Å². The Balaban J connectivity index is 2.44. The Morgan fingerprint density at radius 2 is 2.07 bits per heavy atom. The summed E-state index contributed by atoms with van der Waals surface area (Å²) < 4.78 is 0. The molecule has 84 valence electrons. The maximum atomic E-state index is 8.88. The molecule has 0 saturated carbocycles. The first-order valence-electron chi connectivity index (χ1n) is 5.51. The molecule has 0 spiro atoms. The van der Waals surface area contributed by atoms with Gasteiger partial charge in [-0.2, -0.15) is 0 Å². The van der Waals surface area contributed by atoms with Crippen molar-refractivity contribution in [1.82, 2.24) is 5.32 Å². The van der Waals surface area contributed by atoms with Crippen LogP contribution in [-0.4, -0.2) is 18.3 Å². The summed E-state index contributed by atoms with van der Waals surface area (Å²) in [5.41, 5.74) is 3.98. The maximum absolute atomic E-state index is 8.88. The summed E-state index contributed by atoms with van der Waals surface area (Å²) in [7, 11) is 0. The molecule has 0 aromatic heterocycles. The van der Waals surface area contributed by atoms with Crippen LogP contribution in [0, 0.1) is 19.8 Å². The molecule has 0 radical (unpaired) electrons. The smallest absolute Gasteiger partial charge is 0.0468 e. The Kier molecular flexibility index (Phi) is 4.79. The Morgan fingerprint density at radius 3 is 2.67 bits per heavy atom. The predicted molar refractivity (Wildman–Crippen MR) is 63.9 cm³/mol. The third-order valence-electron chi connectivity index (χ3n) is 2.62. The van der Waals surface area contributed by atoms with E-state index < -0.39 is 0 Å². The van der Waals surface area contributed by atoms with Crippen LogP contribution in [0.5, 0.6) is 0 Å². The third kappa shape index (κ3) is 4.02. The van der Waals surface area contributed by atoms with Crippen LogP contribution in [0.25, 0.3) is 0 Å². The predicted octanol–water partition coefficient (Wildman–Crippen LogP) is 2.02. The number of aryl methyl sites for hydroxylation is 2. The van der Waals surface area contributed by atoms with Gasteiger partial charge in [-0.3, -0.25) is 0 Å². The van der Waals surface area contributed by atoms with Gasteiger partial charge in [-0.05, 0) is 30.9 Å². The lowest BCUT2D eigenvalue weighted by molar-refractivity contribution is 0.233. The number of aliphatic hydroxyl groups excluding tert-OH is 1. The second-order valence-corrected chi connectivity index (χ2v) is 4.35. The van der Waals surface area contributed by atoms with E-state index in [1.807, 2.05) is 6.92 Å². The van der Waals surface area contributed by atoms with Gasteiger partial charge in [0.2, 0.25) is 0 Å². The van der Waals surface area contributed by atoms with Crippen LogP contribution in [0.2, 0.25) is 0 Å². The average Bonchev–Trinajstić information content (AvgIpc) is 2.21.